The Balaban J connectivity index is 2.50. The van der Waals surface area contributed by atoms with Crippen LogP contribution >= 0.6 is 11.8 Å². The molecule has 2 N–H and O–H groups in total. The first-order valence-corrected chi connectivity index (χ1v) is 7.59. The van der Waals surface area contributed by atoms with E-state index in [9.17, 15) is 9.59 Å². The highest BCUT2D eigenvalue weighted by molar-refractivity contribution is 8.01. The summed E-state index contributed by atoms with van der Waals surface area (Å²) in [7, 11) is 0. The lowest BCUT2D eigenvalue weighted by Gasteiger charge is -2.15. The number of rotatable bonds is 7. The van der Waals surface area contributed by atoms with Crippen LogP contribution in [0.1, 0.15) is 19.4 Å². The van der Waals surface area contributed by atoms with Crippen LogP contribution in [0.3, 0.4) is 0 Å². The highest BCUT2D eigenvalue weighted by atomic mass is 32.2. The lowest BCUT2D eigenvalue weighted by Crippen LogP contribution is -2.25. The zero-order valence-electron chi connectivity index (χ0n) is 12.0. The summed E-state index contributed by atoms with van der Waals surface area (Å²) in [6.45, 7) is 3.63. The second kappa shape index (κ2) is 8.32. The van der Waals surface area contributed by atoms with Gasteiger partial charge in [-0.25, -0.2) is 0 Å². The lowest BCUT2D eigenvalue weighted by atomic mass is 10.1. The highest BCUT2D eigenvalue weighted by Crippen LogP contribution is 2.20. The summed E-state index contributed by atoms with van der Waals surface area (Å²) in [5, 5.41) is 19.7. The number of carboxylic acid groups (broad SMARTS) is 1. The summed E-state index contributed by atoms with van der Waals surface area (Å²) in [6.07, 6.45) is 0.332. The number of aliphatic carboxylic acids is 1. The van der Waals surface area contributed by atoms with E-state index >= 15 is 0 Å². The van der Waals surface area contributed by atoms with Crippen LogP contribution in [0.4, 0.5) is 5.69 Å². The molecule has 0 radical (unpaired) electrons. The molecule has 0 aliphatic rings. The summed E-state index contributed by atoms with van der Waals surface area (Å²) in [4.78, 5) is 22.8. The van der Waals surface area contributed by atoms with Crippen molar-refractivity contribution >= 4 is 29.3 Å². The third kappa shape index (κ3) is 5.88. The van der Waals surface area contributed by atoms with Gasteiger partial charge in [0.25, 0.3) is 0 Å². The third-order valence-corrected chi connectivity index (χ3v) is 4.30. The van der Waals surface area contributed by atoms with Gasteiger partial charge in [0.1, 0.15) is 5.25 Å². The molecule has 0 aliphatic heterocycles. The summed E-state index contributed by atoms with van der Waals surface area (Å²) in [6, 6.07) is 9.06. The quantitative estimate of drug-likeness (QED) is 0.808. The van der Waals surface area contributed by atoms with Crippen molar-refractivity contribution in [1.29, 1.82) is 5.26 Å². The van der Waals surface area contributed by atoms with Gasteiger partial charge in [0.2, 0.25) is 5.91 Å². The van der Waals surface area contributed by atoms with Crippen LogP contribution in [-0.4, -0.2) is 28.0 Å². The van der Waals surface area contributed by atoms with Gasteiger partial charge in [-0.1, -0.05) is 26.0 Å². The molecule has 1 amide bonds. The Kier molecular flexibility index (Phi) is 6.76. The van der Waals surface area contributed by atoms with Gasteiger partial charge in [-0.3, -0.25) is 9.59 Å². The molecule has 1 atom stereocenters. The van der Waals surface area contributed by atoms with Gasteiger partial charge in [-0.05, 0) is 23.6 Å². The molecule has 1 aromatic rings. The Hall–Kier alpha value is -2.00. The highest BCUT2D eigenvalue weighted by Gasteiger charge is 2.22. The molecule has 112 valence electrons. The molecular weight excluding hydrogens is 288 g/mol. The number of anilines is 1. The third-order valence-electron chi connectivity index (χ3n) is 2.76. The van der Waals surface area contributed by atoms with Crippen molar-refractivity contribution in [2.24, 2.45) is 5.92 Å². The lowest BCUT2D eigenvalue weighted by molar-refractivity contribution is -0.137. The Morgan fingerprint density at radius 3 is 2.43 bits per heavy atom. The molecule has 0 aromatic heterocycles. The smallest absolute Gasteiger partial charge is 0.316 e. The van der Waals surface area contributed by atoms with Crippen molar-refractivity contribution in [3.05, 3.63) is 29.8 Å². The Bertz CT molecular complexity index is 535. The van der Waals surface area contributed by atoms with Crippen molar-refractivity contribution in [2.45, 2.75) is 25.5 Å². The molecule has 6 heteroatoms. The minimum absolute atomic E-state index is 0.0365. The molecule has 0 spiro atoms. The first-order valence-electron chi connectivity index (χ1n) is 6.54. The average molecular weight is 306 g/mol. The number of hydrogen-bond acceptors (Lipinski definition) is 4. The average Bonchev–Trinajstić information content (AvgIpc) is 2.40. The van der Waals surface area contributed by atoms with Crippen LogP contribution in [0.25, 0.3) is 0 Å². The van der Waals surface area contributed by atoms with Crippen molar-refractivity contribution in [3.63, 3.8) is 0 Å². The Morgan fingerprint density at radius 1 is 1.33 bits per heavy atom. The van der Waals surface area contributed by atoms with Gasteiger partial charge in [0.15, 0.2) is 0 Å². The minimum Gasteiger partial charge on any atom is -0.480 e. The predicted molar refractivity (Wildman–Crippen MR) is 83.1 cm³/mol. The number of hydrogen-bond donors (Lipinski definition) is 2. The molecule has 0 saturated heterocycles. The van der Waals surface area contributed by atoms with Gasteiger partial charge in [0.05, 0.1) is 18.2 Å². The first kappa shape index (κ1) is 17.1. The van der Waals surface area contributed by atoms with Gasteiger partial charge in [0, 0.05) is 5.69 Å². The molecule has 0 bridgehead atoms. The van der Waals surface area contributed by atoms with E-state index in [0.717, 1.165) is 17.3 Å². The van der Waals surface area contributed by atoms with Crippen molar-refractivity contribution in [1.82, 2.24) is 0 Å². The maximum atomic E-state index is 11.8. The number of carboxylic acids is 1. The summed E-state index contributed by atoms with van der Waals surface area (Å²) in [5.74, 6) is -1.08. The number of benzene rings is 1. The zero-order chi connectivity index (χ0) is 15.8. The van der Waals surface area contributed by atoms with Crippen LogP contribution in [0, 0.1) is 17.2 Å². The van der Waals surface area contributed by atoms with Crippen LogP contribution in [0.2, 0.25) is 0 Å². The molecule has 1 unspecified atom stereocenters. The number of nitriles is 1. The van der Waals surface area contributed by atoms with Crippen molar-refractivity contribution in [2.75, 3.05) is 11.1 Å². The monoisotopic (exact) mass is 306 g/mol. The van der Waals surface area contributed by atoms with Gasteiger partial charge >= 0.3 is 5.97 Å². The predicted octanol–water partition coefficient (Wildman–Crippen LogP) is 2.53. The van der Waals surface area contributed by atoms with E-state index < -0.39 is 11.2 Å². The fourth-order valence-corrected chi connectivity index (χ4v) is 2.64. The van der Waals surface area contributed by atoms with E-state index in [2.05, 4.69) is 11.4 Å². The van der Waals surface area contributed by atoms with Crippen LogP contribution in [0.5, 0.6) is 0 Å². The number of thioether (sulfide) groups is 1. The SMILES string of the molecule is CC(C)C(SCC(=O)Nc1ccc(CC#N)cc1)C(=O)O. The van der Waals surface area contributed by atoms with E-state index in [-0.39, 0.29) is 17.6 Å². The van der Waals surface area contributed by atoms with E-state index in [4.69, 9.17) is 10.4 Å². The van der Waals surface area contributed by atoms with E-state index in [0.29, 0.717) is 12.1 Å². The Morgan fingerprint density at radius 2 is 1.95 bits per heavy atom. The summed E-state index contributed by atoms with van der Waals surface area (Å²) < 4.78 is 0. The molecule has 0 heterocycles. The molecule has 5 nitrogen and oxygen atoms in total. The molecular formula is C15H18N2O3S. The minimum atomic E-state index is -0.899. The van der Waals surface area contributed by atoms with E-state index in [1.165, 1.54) is 0 Å². The number of nitrogens with zero attached hydrogens (tertiary/aromatic N) is 1. The molecule has 0 fully saturated rings. The maximum absolute atomic E-state index is 11.8. The topological polar surface area (TPSA) is 90.2 Å². The fraction of sp³-hybridized carbons (Fsp3) is 0.400. The summed E-state index contributed by atoms with van der Waals surface area (Å²) in [5.41, 5.74) is 1.52. The second-order valence-corrected chi connectivity index (χ2v) is 6.02. The first-order chi connectivity index (χ1) is 9.93. The largest absolute Gasteiger partial charge is 0.480 e. The van der Waals surface area contributed by atoms with Gasteiger partial charge in [-0.2, -0.15) is 5.26 Å². The van der Waals surface area contributed by atoms with Crippen LogP contribution in [-0.2, 0) is 16.0 Å². The van der Waals surface area contributed by atoms with Gasteiger partial charge in [-0.15, -0.1) is 11.8 Å². The van der Waals surface area contributed by atoms with Gasteiger partial charge < -0.3 is 10.4 Å². The van der Waals surface area contributed by atoms with Crippen molar-refractivity contribution in [3.8, 4) is 6.07 Å². The normalized spacial score (nSPS) is 11.7. The maximum Gasteiger partial charge on any atom is 0.316 e. The summed E-state index contributed by atoms with van der Waals surface area (Å²) >= 11 is 1.12. The number of nitrogens with one attached hydrogen (secondary N) is 1. The molecule has 1 rings (SSSR count). The van der Waals surface area contributed by atoms with Crippen LogP contribution < -0.4 is 5.32 Å². The van der Waals surface area contributed by atoms with E-state index in [1.54, 1.807) is 24.3 Å². The van der Waals surface area contributed by atoms with E-state index in [1.807, 2.05) is 13.8 Å². The number of carbonyl (C=O) groups is 2. The Labute approximate surface area is 128 Å². The van der Waals surface area contributed by atoms with Crippen LogP contribution in [0.15, 0.2) is 24.3 Å². The molecule has 0 aliphatic carbocycles. The number of amides is 1. The molecule has 0 saturated carbocycles. The second-order valence-electron chi connectivity index (χ2n) is 4.89. The van der Waals surface area contributed by atoms with Crippen molar-refractivity contribution < 1.29 is 14.7 Å². The fourth-order valence-electron chi connectivity index (χ4n) is 1.71. The molecule has 21 heavy (non-hydrogen) atoms. The molecule has 1 aromatic carbocycles. The number of carbonyl (C=O) groups excluding carboxylic acids is 1. The zero-order valence-corrected chi connectivity index (χ0v) is 12.8. The standard InChI is InChI=1S/C15H18N2O3S/c1-10(2)14(15(19)20)21-9-13(18)17-12-5-3-11(4-6-12)7-8-16/h3-6,10,14H,7,9H2,1-2H3,(H,17,18)(H,19,20).